The van der Waals surface area contributed by atoms with Crippen LogP contribution in [0.15, 0.2) is 41.2 Å². The Bertz CT molecular complexity index is 1130. The minimum atomic E-state index is -0.536. The van der Waals surface area contributed by atoms with Crippen molar-refractivity contribution in [2.75, 3.05) is 13.1 Å². The monoisotopic (exact) mass is 454 g/mol. The van der Waals surface area contributed by atoms with Gasteiger partial charge in [-0.05, 0) is 57.5 Å². The molecule has 8 nitrogen and oxygen atoms in total. The zero-order chi connectivity index (χ0) is 23.6. The zero-order valence-corrected chi connectivity index (χ0v) is 19.2. The maximum atomic E-state index is 14.8. The van der Waals surface area contributed by atoms with E-state index in [1.165, 1.54) is 6.07 Å². The van der Waals surface area contributed by atoms with Crippen molar-refractivity contribution >= 4 is 6.09 Å². The largest absolute Gasteiger partial charge is 0.487 e. The highest BCUT2D eigenvalue weighted by atomic mass is 19.1. The lowest BCUT2D eigenvalue weighted by Crippen LogP contribution is -2.44. The molecule has 0 aliphatic carbocycles. The van der Waals surface area contributed by atoms with Crippen LogP contribution in [-0.4, -0.2) is 50.9 Å². The molecule has 0 atom stereocenters. The summed E-state index contributed by atoms with van der Waals surface area (Å²) < 4.78 is 31.4. The third kappa shape index (κ3) is 5.47. The Labute approximate surface area is 191 Å². The Balaban J connectivity index is 1.38. The third-order valence-corrected chi connectivity index (χ3v) is 5.25. The summed E-state index contributed by atoms with van der Waals surface area (Å²) in [4.78, 5) is 22.3. The van der Waals surface area contributed by atoms with Gasteiger partial charge in [-0.15, -0.1) is 0 Å². The van der Waals surface area contributed by atoms with Crippen molar-refractivity contribution in [3.8, 4) is 28.6 Å². The van der Waals surface area contributed by atoms with Gasteiger partial charge >= 0.3 is 6.09 Å². The van der Waals surface area contributed by atoms with Crippen LogP contribution in [0, 0.1) is 12.7 Å². The Morgan fingerprint density at radius 1 is 1.21 bits per heavy atom. The second-order valence-electron chi connectivity index (χ2n) is 9.04. The van der Waals surface area contributed by atoms with Crippen LogP contribution in [0.5, 0.6) is 5.75 Å². The number of aromatic nitrogens is 3. The van der Waals surface area contributed by atoms with Gasteiger partial charge in [-0.25, -0.2) is 9.18 Å². The summed E-state index contributed by atoms with van der Waals surface area (Å²) in [7, 11) is 0. The van der Waals surface area contributed by atoms with Crippen molar-refractivity contribution in [3.05, 3.63) is 48.0 Å². The van der Waals surface area contributed by atoms with Crippen LogP contribution in [0.1, 0.15) is 39.2 Å². The number of hydrogen-bond acceptors (Lipinski definition) is 7. The molecule has 4 rings (SSSR count). The number of carbonyl (C=O) groups excluding carboxylic acids is 1. The molecule has 1 fully saturated rings. The van der Waals surface area contributed by atoms with Crippen molar-refractivity contribution in [1.29, 1.82) is 0 Å². The highest BCUT2D eigenvalue weighted by Crippen LogP contribution is 2.29. The summed E-state index contributed by atoms with van der Waals surface area (Å²) in [6, 6.07) is 6.39. The predicted molar refractivity (Wildman–Crippen MR) is 119 cm³/mol. The Morgan fingerprint density at radius 2 is 1.97 bits per heavy atom. The first-order chi connectivity index (χ1) is 15.7. The van der Waals surface area contributed by atoms with Gasteiger partial charge in [-0.3, -0.25) is 4.98 Å². The molecule has 0 radical (unpaired) electrons. The molecule has 1 saturated heterocycles. The molecular formula is C24H27FN4O4. The van der Waals surface area contributed by atoms with Gasteiger partial charge in [0.2, 0.25) is 5.82 Å². The number of aryl methyl sites for hydroxylation is 1. The molecule has 33 heavy (non-hydrogen) atoms. The number of benzene rings is 1. The molecule has 0 N–H and O–H groups in total. The van der Waals surface area contributed by atoms with Crippen molar-refractivity contribution < 1.29 is 23.2 Å². The Hall–Kier alpha value is -3.49. The number of piperidine rings is 1. The number of amides is 1. The molecule has 1 aliphatic rings. The molecule has 9 heteroatoms. The molecule has 174 valence electrons. The fourth-order valence-electron chi connectivity index (χ4n) is 3.56. The maximum Gasteiger partial charge on any atom is 0.410 e. The van der Waals surface area contributed by atoms with E-state index in [-0.39, 0.29) is 23.8 Å². The van der Waals surface area contributed by atoms with Crippen molar-refractivity contribution in [3.63, 3.8) is 0 Å². The summed E-state index contributed by atoms with van der Waals surface area (Å²) in [5.41, 5.74) is 1.63. The first-order valence-corrected chi connectivity index (χ1v) is 10.9. The van der Waals surface area contributed by atoms with E-state index in [9.17, 15) is 9.18 Å². The lowest BCUT2D eigenvalue weighted by molar-refractivity contribution is 0.0123. The molecule has 0 spiro atoms. The van der Waals surface area contributed by atoms with E-state index >= 15 is 0 Å². The number of pyridine rings is 1. The summed E-state index contributed by atoms with van der Waals surface area (Å²) >= 11 is 0. The average Bonchev–Trinajstić information content (AvgIpc) is 3.25. The molecule has 1 aromatic carbocycles. The number of carbonyl (C=O) groups is 1. The number of nitrogens with zero attached hydrogens (tertiary/aromatic N) is 4. The van der Waals surface area contributed by atoms with E-state index in [1.807, 2.05) is 27.7 Å². The highest BCUT2D eigenvalue weighted by molar-refractivity contribution is 5.68. The Kier molecular flexibility index (Phi) is 6.31. The number of hydrogen-bond donors (Lipinski definition) is 0. The molecule has 2 aromatic heterocycles. The molecule has 0 saturated carbocycles. The molecule has 0 unspecified atom stereocenters. The highest BCUT2D eigenvalue weighted by Gasteiger charge is 2.28. The summed E-state index contributed by atoms with van der Waals surface area (Å²) in [6.45, 7) is 8.41. The van der Waals surface area contributed by atoms with Crippen LogP contribution in [-0.2, 0) is 4.74 Å². The molecule has 0 bridgehead atoms. The van der Waals surface area contributed by atoms with Gasteiger partial charge in [0.25, 0.3) is 5.89 Å². The van der Waals surface area contributed by atoms with Crippen LogP contribution in [0.3, 0.4) is 0 Å². The van der Waals surface area contributed by atoms with Crippen LogP contribution < -0.4 is 4.74 Å². The predicted octanol–water partition coefficient (Wildman–Crippen LogP) is 5.02. The minimum absolute atomic E-state index is 0.156. The first kappa shape index (κ1) is 22.7. The summed E-state index contributed by atoms with van der Waals surface area (Å²) in [6.07, 6.45) is 4.03. The molecule has 3 aromatic rings. The van der Waals surface area contributed by atoms with Gasteiger partial charge in [-0.1, -0.05) is 5.16 Å². The fraction of sp³-hybridized carbons (Fsp3) is 0.417. The second kappa shape index (κ2) is 9.17. The first-order valence-electron chi connectivity index (χ1n) is 10.9. The smallest absolute Gasteiger partial charge is 0.410 e. The van der Waals surface area contributed by atoms with Gasteiger partial charge in [0.15, 0.2) is 11.6 Å². The van der Waals surface area contributed by atoms with Crippen LogP contribution in [0.2, 0.25) is 0 Å². The van der Waals surface area contributed by atoms with Gasteiger partial charge < -0.3 is 18.9 Å². The summed E-state index contributed by atoms with van der Waals surface area (Å²) in [5.74, 6) is 0.288. The molecular weight excluding hydrogens is 427 g/mol. The van der Waals surface area contributed by atoms with E-state index in [0.717, 1.165) is 11.1 Å². The fourth-order valence-corrected chi connectivity index (χ4v) is 3.56. The lowest BCUT2D eigenvalue weighted by atomic mass is 10.1. The van der Waals surface area contributed by atoms with Crippen LogP contribution in [0.25, 0.3) is 22.8 Å². The van der Waals surface area contributed by atoms with E-state index in [2.05, 4.69) is 15.1 Å². The Morgan fingerprint density at radius 3 is 2.64 bits per heavy atom. The zero-order valence-electron chi connectivity index (χ0n) is 19.2. The minimum Gasteiger partial charge on any atom is -0.487 e. The number of halogens is 1. The molecule has 1 amide bonds. The normalized spacial score (nSPS) is 14.9. The number of likely N-dealkylation sites (tertiary alicyclic amines) is 1. The van der Waals surface area contributed by atoms with Gasteiger partial charge in [-0.2, -0.15) is 4.98 Å². The lowest BCUT2D eigenvalue weighted by Gasteiger charge is -2.33. The second-order valence-corrected chi connectivity index (χ2v) is 9.04. The van der Waals surface area contributed by atoms with Gasteiger partial charge in [0.1, 0.15) is 11.7 Å². The van der Waals surface area contributed by atoms with Crippen molar-refractivity contribution in [2.24, 2.45) is 0 Å². The number of ether oxygens (including phenoxy) is 2. The van der Waals surface area contributed by atoms with Crippen molar-refractivity contribution in [2.45, 2.75) is 52.2 Å². The van der Waals surface area contributed by atoms with Crippen molar-refractivity contribution in [1.82, 2.24) is 20.0 Å². The topological polar surface area (TPSA) is 90.6 Å². The third-order valence-electron chi connectivity index (χ3n) is 5.25. The van der Waals surface area contributed by atoms with Gasteiger partial charge in [0, 0.05) is 49.5 Å². The van der Waals surface area contributed by atoms with Gasteiger partial charge in [0.05, 0.1) is 0 Å². The maximum absolute atomic E-state index is 14.8. The average molecular weight is 455 g/mol. The number of rotatable bonds is 4. The van der Waals surface area contributed by atoms with E-state index in [4.69, 9.17) is 14.0 Å². The van der Waals surface area contributed by atoms with E-state index in [0.29, 0.717) is 37.4 Å². The van der Waals surface area contributed by atoms with E-state index in [1.54, 1.807) is 35.5 Å². The molecule has 1 aliphatic heterocycles. The van der Waals surface area contributed by atoms with Crippen LogP contribution >= 0.6 is 0 Å². The standard InChI is InChI=1S/C24H27FN4O4/c1-15-14-26-10-7-18(15)22-27-21(28-33-22)16-5-6-20(19(25)13-16)31-17-8-11-29(12-9-17)23(30)32-24(2,3)4/h5-7,10,13-14,17H,8-9,11-12H2,1-4H3. The summed E-state index contributed by atoms with van der Waals surface area (Å²) in [5, 5.41) is 3.98. The molecule has 3 heterocycles. The van der Waals surface area contributed by atoms with E-state index < -0.39 is 11.4 Å². The SMILES string of the molecule is Cc1cnccc1-c1nc(-c2ccc(OC3CCN(C(=O)OC(C)(C)C)CC3)c(F)c2)no1. The quantitative estimate of drug-likeness (QED) is 0.546. The van der Waals surface area contributed by atoms with Crippen LogP contribution in [0.4, 0.5) is 9.18 Å².